The first-order chi connectivity index (χ1) is 30.2. The van der Waals surface area contributed by atoms with Crippen LogP contribution in [0.1, 0.15) is 72.6 Å². The highest BCUT2D eigenvalue weighted by atomic mass is 32.1. The molecule has 0 aliphatic carbocycles. The Bertz CT molecular complexity index is 2690. The fourth-order valence-corrected chi connectivity index (χ4v) is 10.3. The summed E-state index contributed by atoms with van der Waals surface area (Å²) in [6.45, 7) is 0.986. The second-order valence-corrected chi connectivity index (χ2v) is 17.2. The second kappa shape index (κ2) is 15.9. The number of amides is 4. The molecule has 18 nitrogen and oxygen atoms in total. The second-order valence-electron chi connectivity index (χ2n) is 15.2. The smallest absolute Gasteiger partial charge is 0.405 e. The fourth-order valence-electron chi connectivity index (χ4n) is 8.42. The Morgan fingerprint density at radius 1 is 0.629 bits per heavy atom. The number of aromatic nitrogens is 8. The Morgan fingerprint density at radius 2 is 1.05 bits per heavy atom. The van der Waals surface area contributed by atoms with Gasteiger partial charge in [0.05, 0.1) is 45.6 Å². The van der Waals surface area contributed by atoms with Crippen molar-refractivity contribution in [2.45, 2.75) is 49.9 Å². The molecule has 2 aliphatic rings. The van der Waals surface area contributed by atoms with Gasteiger partial charge < -0.3 is 40.6 Å². The van der Waals surface area contributed by atoms with Crippen LogP contribution in [0.3, 0.4) is 0 Å². The first kappa shape index (κ1) is 38.9. The van der Waals surface area contributed by atoms with Gasteiger partial charge in [-0.2, -0.15) is 0 Å². The Kier molecular flexibility index (Phi) is 9.99. The van der Waals surface area contributed by atoms with Gasteiger partial charge in [0.25, 0.3) is 11.8 Å². The molecule has 20 heteroatoms. The molecular weight excluding hydrogens is 833 g/mol. The summed E-state index contributed by atoms with van der Waals surface area (Å²) in [5, 5.41) is 23.8. The third-order valence-electron chi connectivity index (χ3n) is 11.3. The van der Waals surface area contributed by atoms with Gasteiger partial charge in [-0.3, -0.25) is 18.4 Å². The average Bonchev–Trinajstić information content (AvgIpc) is 4.11. The quantitative estimate of drug-likeness (QED) is 0.0788. The zero-order chi connectivity index (χ0) is 42.5. The molecule has 314 valence electrons. The molecule has 10 rings (SSSR count). The van der Waals surface area contributed by atoms with Crippen molar-refractivity contribution < 1.29 is 29.4 Å². The summed E-state index contributed by atoms with van der Waals surface area (Å²) in [6.07, 6.45) is 11.7. The number of rotatable bonds is 11. The number of hydrogen-bond donors (Lipinski definition) is 6. The third kappa shape index (κ3) is 7.32. The molecule has 0 bridgehead atoms. The summed E-state index contributed by atoms with van der Waals surface area (Å²) in [5.41, 5.74) is 4.16. The molecule has 0 radical (unpaired) electrons. The van der Waals surface area contributed by atoms with Gasteiger partial charge in [-0.05, 0) is 36.8 Å². The zero-order valence-corrected chi connectivity index (χ0v) is 34.3. The van der Waals surface area contributed by atoms with E-state index >= 15 is 0 Å². The lowest BCUT2D eigenvalue weighted by atomic mass is 10.1. The van der Waals surface area contributed by atoms with Gasteiger partial charge in [0.15, 0.2) is 9.92 Å². The van der Waals surface area contributed by atoms with Crippen LogP contribution < -0.4 is 10.6 Å². The van der Waals surface area contributed by atoms with E-state index in [4.69, 9.17) is 9.97 Å². The zero-order valence-electron chi connectivity index (χ0n) is 32.7. The van der Waals surface area contributed by atoms with E-state index in [0.29, 0.717) is 48.7 Å². The van der Waals surface area contributed by atoms with Gasteiger partial charge in [0, 0.05) is 37.9 Å². The number of thiazole rings is 2. The number of benzene rings is 2. The molecule has 2 aromatic carbocycles. The third-order valence-corrected chi connectivity index (χ3v) is 13.4. The number of H-pyrrole nitrogens is 2. The highest BCUT2D eigenvalue weighted by molar-refractivity contribution is 7.20. The van der Waals surface area contributed by atoms with Crippen molar-refractivity contribution in [1.29, 1.82) is 0 Å². The molecule has 2 saturated heterocycles. The minimum absolute atomic E-state index is 0.319. The Labute approximate surface area is 359 Å². The van der Waals surface area contributed by atoms with Crippen LogP contribution in [0.2, 0.25) is 0 Å². The molecule has 2 aliphatic heterocycles. The summed E-state index contributed by atoms with van der Waals surface area (Å²) < 4.78 is 3.90. The molecular formula is C42H38N12O6S2. The maximum Gasteiger partial charge on any atom is 0.405 e. The van der Waals surface area contributed by atoms with Crippen molar-refractivity contribution in [3.05, 3.63) is 121 Å². The van der Waals surface area contributed by atoms with Gasteiger partial charge in [0.1, 0.15) is 35.1 Å². The topological polar surface area (TPSA) is 231 Å². The van der Waals surface area contributed by atoms with Gasteiger partial charge >= 0.3 is 12.2 Å². The van der Waals surface area contributed by atoms with E-state index in [9.17, 15) is 29.4 Å². The SMILES string of the molecule is O=C(O)N[C@@H](C(=O)N1CCCC1c1ncc(-c2cn3cc(-c4cn5cc(-c6cnc([C@@H]7CCCN7C(=O)[C@H](NC(=O)O)c7ccccc7)[nH]6)sc5n4)nc3s2)[nH]1)c1ccccc1. The summed E-state index contributed by atoms with van der Waals surface area (Å²) in [6, 6.07) is 15.0. The molecule has 4 amide bonds. The van der Waals surface area contributed by atoms with Crippen LogP contribution in [0.25, 0.3) is 42.5 Å². The number of aromatic amines is 2. The van der Waals surface area contributed by atoms with Crippen LogP contribution in [0, 0.1) is 0 Å². The van der Waals surface area contributed by atoms with Crippen molar-refractivity contribution in [3.63, 3.8) is 0 Å². The largest absolute Gasteiger partial charge is 0.465 e. The molecule has 8 heterocycles. The molecule has 2 fully saturated rings. The monoisotopic (exact) mass is 870 g/mol. The van der Waals surface area contributed by atoms with Crippen LogP contribution in [0.4, 0.5) is 9.59 Å². The number of imidazole rings is 4. The van der Waals surface area contributed by atoms with Crippen LogP contribution in [0.5, 0.6) is 0 Å². The highest BCUT2D eigenvalue weighted by Gasteiger charge is 2.38. The molecule has 8 aromatic rings. The average molecular weight is 871 g/mol. The maximum absolute atomic E-state index is 13.8. The normalized spacial score (nSPS) is 17.5. The van der Waals surface area contributed by atoms with E-state index in [-0.39, 0.29) is 23.9 Å². The van der Waals surface area contributed by atoms with Crippen molar-refractivity contribution in [2.24, 2.45) is 0 Å². The van der Waals surface area contributed by atoms with Crippen LogP contribution >= 0.6 is 22.7 Å². The van der Waals surface area contributed by atoms with Crippen molar-refractivity contribution in [1.82, 2.24) is 59.1 Å². The highest BCUT2D eigenvalue weighted by Crippen LogP contribution is 2.38. The van der Waals surface area contributed by atoms with Gasteiger partial charge in [0.2, 0.25) is 0 Å². The van der Waals surface area contributed by atoms with E-state index in [1.165, 1.54) is 22.7 Å². The van der Waals surface area contributed by atoms with E-state index in [1.807, 2.05) is 45.7 Å². The first-order valence-electron chi connectivity index (χ1n) is 19.9. The Morgan fingerprint density at radius 3 is 1.44 bits per heavy atom. The van der Waals surface area contributed by atoms with Crippen LogP contribution in [-0.2, 0) is 9.59 Å². The number of likely N-dealkylation sites (tertiary alicyclic amines) is 2. The van der Waals surface area contributed by atoms with Crippen LogP contribution in [0.15, 0.2) is 97.8 Å². The van der Waals surface area contributed by atoms with Gasteiger partial charge in [-0.25, -0.2) is 29.5 Å². The number of nitrogens with one attached hydrogen (secondary N) is 4. The molecule has 0 saturated carbocycles. The Hall–Kier alpha value is -7.32. The number of carboxylic acid groups (broad SMARTS) is 2. The number of carbonyl (C=O) groups excluding carboxylic acids is 2. The number of fused-ring (bicyclic) bond motifs is 2. The molecule has 62 heavy (non-hydrogen) atoms. The first-order valence-corrected chi connectivity index (χ1v) is 21.6. The van der Waals surface area contributed by atoms with E-state index in [0.717, 1.165) is 55.3 Å². The maximum atomic E-state index is 13.8. The molecule has 1 unspecified atom stereocenters. The predicted octanol–water partition coefficient (Wildman–Crippen LogP) is 6.90. The molecule has 4 atom stereocenters. The fraction of sp³-hybridized carbons (Fsp3) is 0.238. The number of carbonyl (C=O) groups is 4. The lowest BCUT2D eigenvalue weighted by Gasteiger charge is -2.28. The number of nitrogens with zero attached hydrogens (tertiary/aromatic N) is 8. The molecule has 0 spiro atoms. The standard InChI is InChI=1S/C42H38N12O6S2/c55-37(33(49-41(57)58)23-9-3-1-4-10-23)53-15-7-13-29(53)35-43-17-25(45-35)31-21-51-19-27(47-39(51)61-31)28-20-52-22-32(62-40(52)48-28)26-18-44-36(46-26)30-14-8-16-54(30)38(56)34(50-42(59)60)24-11-5-2-6-12-24/h1-6,9-12,17-22,29-30,33-34,49-50H,7-8,13-16H2,(H,43,45)(H,44,46)(H,57,58)(H,59,60)/t29-,30?,33+,34+/m0/s1. The van der Waals surface area contributed by atoms with Crippen LogP contribution in [-0.4, -0.2) is 95.8 Å². The minimum Gasteiger partial charge on any atom is -0.465 e. The summed E-state index contributed by atoms with van der Waals surface area (Å²) in [7, 11) is 0. The van der Waals surface area contributed by atoms with Gasteiger partial charge in [-0.1, -0.05) is 83.3 Å². The molecule has 6 N–H and O–H groups in total. The predicted molar refractivity (Wildman–Crippen MR) is 228 cm³/mol. The van der Waals surface area contributed by atoms with E-state index < -0.39 is 24.3 Å². The summed E-state index contributed by atoms with van der Waals surface area (Å²) in [4.78, 5) is 83.5. The summed E-state index contributed by atoms with van der Waals surface area (Å²) >= 11 is 2.98. The van der Waals surface area contributed by atoms with Crippen molar-refractivity contribution in [3.8, 4) is 32.5 Å². The lowest BCUT2D eigenvalue weighted by Crippen LogP contribution is -2.42. The molecule has 6 aromatic heterocycles. The van der Waals surface area contributed by atoms with Gasteiger partial charge in [-0.15, -0.1) is 0 Å². The lowest BCUT2D eigenvalue weighted by molar-refractivity contribution is -0.135. The number of hydrogen-bond acceptors (Lipinski definition) is 10. The van der Waals surface area contributed by atoms with E-state index in [1.54, 1.807) is 70.7 Å². The van der Waals surface area contributed by atoms with Crippen molar-refractivity contribution >= 4 is 56.6 Å². The van der Waals surface area contributed by atoms with Crippen molar-refractivity contribution in [2.75, 3.05) is 13.1 Å². The summed E-state index contributed by atoms with van der Waals surface area (Å²) in [5.74, 6) is 0.642. The Balaban J connectivity index is 0.823. The van der Waals surface area contributed by atoms with E-state index in [2.05, 4.69) is 30.6 Å². The minimum atomic E-state index is -1.27.